The number of nitrogens with zero attached hydrogens (tertiary/aromatic N) is 2. The van der Waals surface area contributed by atoms with Crippen LogP contribution in [-0.4, -0.2) is 22.6 Å². The molecule has 0 saturated carbocycles. The number of hydrogen-bond acceptors (Lipinski definition) is 4. The Morgan fingerprint density at radius 2 is 2.00 bits per heavy atom. The number of rotatable bonds is 4. The zero-order chi connectivity index (χ0) is 18.0. The Kier molecular flexibility index (Phi) is 4.52. The number of fused-ring (bicyclic) bond motifs is 1. The van der Waals surface area contributed by atoms with Crippen molar-refractivity contribution in [2.75, 3.05) is 12.4 Å². The van der Waals surface area contributed by atoms with Gasteiger partial charge in [-0.1, -0.05) is 12.1 Å². The normalized spacial score (nSPS) is 10.7. The predicted molar refractivity (Wildman–Crippen MR) is 97.1 cm³/mol. The molecule has 0 fully saturated rings. The number of aromatic nitrogens is 2. The van der Waals surface area contributed by atoms with E-state index in [-0.39, 0.29) is 18.0 Å². The molecule has 0 spiro atoms. The number of anilines is 1. The van der Waals surface area contributed by atoms with Gasteiger partial charge in [-0.25, -0.2) is 4.98 Å². The molecular formula is C19H19N3O3. The van der Waals surface area contributed by atoms with Crippen LogP contribution in [0.15, 0.2) is 47.5 Å². The van der Waals surface area contributed by atoms with Gasteiger partial charge in [-0.2, -0.15) is 0 Å². The fourth-order valence-electron chi connectivity index (χ4n) is 2.59. The van der Waals surface area contributed by atoms with E-state index in [1.165, 1.54) is 10.9 Å². The highest BCUT2D eigenvalue weighted by Gasteiger charge is 2.10. The summed E-state index contributed by atoms with van der Waals surface area (Å²) < 4.78 is 6.43. The second kappa shape index (κ2) is 6.76. The van der Waals surface area contributed by atoms with Crippen molar-refractivity contribution < 1.29 is 9.53 Å². The third-order valence-corrected chi connectivity index (χ3v) is 4.01. The minimum atomic E-state index is -0.273. The third-order valence-electron chi connectivity index (χ3n) is 4.01. The number of nitrogens with one attached hydrogen (secondary N) is 1. The molecule has 1 amide bonds. The second-order valence-corrected chi connectivity index (χ2v) is 5.93. The van der Waals surface area contributed by atoms with Gasteiger partial charge in [-0.3, -0.25) is 14.2 Å². The Balaban J connectivity index is 1.85. The molecule has 2 aromatic carbocycles. The molecule has 1 heterocycles. The molecule has 6 nitrogen and oxygen atoms in total. The third kappa shape index (κ3) is 3.52. The number of carbonyl (C=O) groups is 1. The first kappa shape index (κ1) is 16.7. The monoisotopic (exact) mass is 337 g/mol. The lowest BCUT2D eigenvalue weighted by Crippen LogP contribution is -2.28. The smallest absolute Gasteiger partial charge is 0.261 e. The summed E-state index contributed by atoms with van der Waals surface area (Å²) in [5, 5.41) is 3.29. The van der Waals surface area contributed by atoms with Crippen LogP contribution in [0.2, 0.25) is 0 Å². The Morgan fingerprint density at radius 3 is 2.76 bits per heavy atom. The molecule has 3 rings (SSSR count). The fraction of sp³-hybridized carbons (Fsp3) is 0.211. The van der Waals surface area contributed by atoms with Gasteiger partial charge in [0.1, 0.15) is 12.3 Å². The molecule has 0 unspecified atom stereocenters. The van der Waals surface area contributed by atoms with Gasteiger partial charge in [0.25, 0.3) is 5.56 Å². The van der Waals surface area contributed by atoms with E-state index < -0.39 is 0 Å². The average Bonchev–Trinajstić information content (AvgIpc) is 2.60. The largest absolute Gasteiger partial charge is 0.497 e. The van der Waals surface area contributed by atoms with Crippen molar-refractivity contribution in [3.8, 4) is 5.75 Å². The Hall–Kier alpha value is -3.15. The average molecular weight is 337 g/mol. The summed E-state index contributed by atoms with van der Waals surface area (Å²) in [5.74, 6) is 0.357. The maximum atomic E-state index is 12.5. The number of ether oxygens (including phenoxy) is 1. The van der Waals surface area contributed by atoms with Crippen molar-refractivity contribution >= 4 is 22.5 Å². The second-order valence-electron chi connectivity index (χ2n) is 5.93. The molecule has 1 aromatic heterocycles. The van der Waals surface area contributed by atoms with Crippen LogP contribution >= 0.6 is 0 Å². The van der Waals surface area contributed by atoms with Crippen LogP contribution in [0.1, 0.15) is 11.1 Å². The minimum absolute atomic E-state index is 0.0960. The standard InChI is InChI=1S/C19H19N3O3/c1-12-4-5-13(2)16(8-12)21-18(23)10-22-11-20-17-9-14(25-3)6-7-15(17)19(22)24/h4-9,11H,10H2,1-3H3,(H,21,23). The van der Waals surface area contributed by atoms with Gasteiger partial charge in [0.05, 0.1) is 24.3 Å². The number of methoxy groups -OCH3 is 1. The number of hydrogen-bond donors (Lipinski definition) is 1. The molecule has 0 aliphatic rings. The van der Waals surface area contributed by atoms with Crippen LogP contribution in [0, 0.1) is 13.8 Å². The van der Waals surface area contributed by atoms with E-state index in [1.807, 2.05) is 32.0 Å². The van der Waals surface area contributed by atoms with Gasteiger partial charge in [0.15, 0.2) is 0 Å². The first-order valence-corrected chi connectivity index (χ1v) is 7.88. The van der Waals surface area contributed by atoms with Crippen LogP contribution in [0.5, 0.6) is 5.75 Å². The number of carbonyl (C=O) groups excluding carboxylic acids is 1. The fourth-order valence-corrected chi connectivity index (χ4v) is 2.59. The van der Waals surface area contributed by atoms with Crippen LogP contribution < -0.4 is 15.6 Å². The molecule has 0 atom stereocenters. The number of benzene rings is 2. The molecule has 128 valence electrons. The summed E-state index contributed by atoms with van der Waals surface area (Å²) >= 11 is 0. The lowest BCUT2D eigenvalue weighted by Gasteiger charge is -2.11. The molecule has 0 saturated heterocycles. The lowest BCUT2D eigenvalue weighted by atomic mass is 10.1. The highest BCUT2D eigenvalue weighted by molar-refractivity contribution is 5.91. The Morgan fingerprint density at radius 1 is 1.20 bits per heavy atom. The molecule has 0 aliphatic heterocycles. The van der Waals surface area contributed by atoms with E-state index in [1.54, 1.807) is 25.3 Å². The van der Waals surface area contributed by atoms with Gasteiger partial charge in [0.2, 0.25) is 5.91 Å². The van der Waals surface area contributed by atoms with Crippen LogP contribution in [-0.2, 0) is 11.3 Å². The topological polar surface area (TPSA) is 73.2 Å². The van der Waals surface area contributed by atoms with E-state index in [0.29, 0.717) is 16.7 Å². The van der Waals surface area contributed by atoms with Crippen molar-refractivity contribution in [3.63, 3.8) is 0 Å². The predicted octanol–water partition coefficient (Wildman–Crippen LogP) is 2.66. The van der Waals surface area contributed by atoms with E-state index in [9.17, 15) is 9.59 Å². The molecule has 0 bridgehead atoms. The summed E-state index contributed by atoms with van der Waals surface area (Å²) in [5.41, 5.74) is 3.05. The van der Waals surface area contributed by atoms with Crippen molar-refractivity contribution in [1.29, 1.82) is 0 Å². The molecule has 0 aliphatic carbocycles. The quantitative estimate of drug-likeness (QED) is 0.794. The molecular weight excluding hydrogens is 318 g/mol. The summed E-state index contributed by atoms with van der Waals surface area (Å²) in [6, 6.07) is 10.9. The van der Waals surface area contributed by atoms with Crippen LogP contribution in [0.25, 0.3) is 10.9 Å². The summed E-state index contributed by atoms with van der Waals surface area (Å²) in [6.07, 6.45) is 1.38. The Labute approximate surface area is 145 Å². The van der Waals surface area contributed by atoms with Gasteiger partial charge in [-0.15, -0.1) is 0 Å². The molecule has 6 heteroatoms. The highest BCUT2D eigenvalue weighted by atomic mass is 16.5. The van der Waals surface area contributed by atoms with Gasteiger partial charge < -0.3 is 10.1 Å². The Bertz CT molecular complexity index is 1010. The van der Waals surface area contributed by atoms with Gasteiger partial charge in [0, 0.05) is 11.8 Å². The van der Waals surface area contributed by atoms with Crippen molar-refractivity contribution in [1.82, 2.24) is 9.55 Å². The van der Waals surface area contributed by atoms with Crippen LogP contribution in [0.4, 0.5) is 5.69 Å². The number of amides is 1. The van der Waals surface area contributed by atoms with E-state index >= 15 is 0 Å². The van der Waals surface area contributed by atoms with E-state index in [4.69, 9.17) is 4.74 Å². The zero-order valence-electron chi connectivity index (χ0n) is 14.4. The van der Waals surface area contributed by atoms with Gasteiger partial charge in [-0.05, 0) is 43.2 Å². The molecule has 0 radical (unpaired) electrons. The molecule has 3 aromatic rings. The molecule has 25 heavy (non-hydrogen) atoms. The summed E-state index contributed by atoms with van der Waals surface area (Å²) in [4.78, 5) is 29.1. The maximum absolute atomic E-state index is 12.5. The molecule has 1 N–H and O–H groups in total. The van der Waals surface area contributed by atoms with Crippen molar-refractivity contribution in [2.45, 2.75) is 20.4 Å². The summed E-state index contributed by atoms with van der Waals surface area (Å²) in [6.45, 7) is 3.79. The highest BCUT2D eigenvalue weighted by Crippen LogP contribution is 2.17. The number of aryl methyl sites for hydroxylation is 2. The van der Waals surface area contributed by atoms with E-state index in [2.05, 4.69) is 10.3 Å². The zero-order valence-corrected chi connectivity index (χ0v) is 14.4. The lowest BCUT2D eigenvalue weighted by molar-refractivity contribution is -0.116. The van der Waals surface area contributed by atoms with Crippen molar-refractivity contribution in [3.05, 3.63) is 64.2 Å². The minimum Gasteiger partial charge on any atom is -0.497 e. The maximum Gasteiger partial charge on any atom is 0.261 e. The van der Waals surface area contributed by atoms with Crippen molar-refractivity contribution in [2.24, 2.45) is 0 Å². The van der Waals surface area contributed by atoms with Crippen LogP contribution in [0.3, 0.4) is 0 Å². The first-order chi connectivity index (χ1) is 12.0. The summed E-state index contributed by atoms with van der Waals surface area (Å²) in [7, 11) is 1.56. The first-order valence-electron chi connectivity index (χ1n) is 7.88. The SMILES string of the molecule is COc1ccc2c(=O)n(CC(=O)Nc3cc(C)ccc3C)cnc2c1. The van der Waals surface area contributed by atoms with E-state index in [0.717, 1.165) is 16.8 Å². The van der Waals surface area contributed by atoms with Gasteiger partial charge >= 0.3 is 0 Å².